The van der Waals surface area contributed by atoms with Gasteiger partial charge in [-0.15, -0.1) is 0 Å². The van der Waals surface area contributed by atoms with Crippen LogP contribution < -0.4 is 26.7 Å². The number of aryl methyl sites for hydroxylation is 2. The Morgan fingerprint density at radius 3 is 1.91 bits per heavy atom. The van der Waals surface area contributed by atoms with Crippen LogP contribution in [0.5, 0.6) is 0 Å². The Kier molecular flexibility index (Phi) is 28.2. The van der Waals surface area contributed by atoms with Crippen LogP contribution in [0.2, 0.25) is 0 Å². The number of ether oxygens (including phenoxy) is 1. The Morgan fingerprint density at radius 1 is 0.768 bits per heavy atom. The lowest BCUT2D eigenvalue weighted by molar-refractivity contribution is -0.496. The van der Waals surface area contributed by atoms with Crippen LogP contribution in [0.3, 0.4) is 0 Å². The molecule has 0 spiro atoms. The van der Waals surface area contributed by atoms with E-state index >= 15 is 0 Å². The Morgan fingerprint density at radius 2 is 1.36 bits per heavy atom. The van der Waals surface area contributed by atoms with Crippen LogP contribution in [0.15, 0.2) is 46.9 Å². The zero-order chi connectivity index (χ0) is 42.5. The lowest BCUT2D eigenvalue weighted by Gasteiger charge is -2.19. The van der Waals surface area contributed by atoms with Crippen molar-refractivity contribution in [3.8, 4) is 22.5 Å². The molecule has 1 heterocycles. The van der Waals surface area contributed by atoms with Crippen LogP contribution in [0, 0.1) is 13.8 Å². The Hall–Kier alpha value is -4.50. The molecule has 0 fully saturated rings. The van der Waals surface area contributed by atoms with Crippen LogP contribution in [0.25, 0.3) is 33.4 Å². The van der Waals surface area contributed by atoms with E-state index in [1.807, 2.05) is 66.5 Å². The van der Waals surface area contributed by atoms with Crippen LogP contribution >= 0.6 is 0 Å². The summed E-state index contributed by atoms with van der Waals surface area (Å²) < 4.78 is 11.8. The van der Waals surface area contributed by atoms with E-state index in [4.69, 9.17) is 19.7 Å². The summed E-state index contributed by atoms with van der Waals surface area (Å²) >= 11 is 0. The first-order valence-corrected chi connectivity index (χ1v) is 21.1. The second-order valence-corrected chi connectivity index (χ2v) is 12.7. The molecule has 2 aliphatic rings. The molecule has 2 aromatic carbocycles. The predicted molar refractivity (Wildman–Crippen MR) is 237 cm³/mol. The van der Waals surface area contributed by atoms with Gasteiger partial charge in [0.2, 0.25) is 5.36 Å². The number of methoxy groups -OCH3 is 1. The third kappa shape index (κ3) is 15.6. The van der Waals surface area contributed by atoms with E-state index < -0.39 is 5.97 Å². The molecule has 5 N–H and O–H groups in total. The van der Waals surface area contributed by atoms with Gasteiger partial charge in [0.25, 0.3) is 5.91 Å². The van der Waals surface area contributed by atoms with Gasteiger partial charge in [-0.25, -0.2) is 9.79 Å². The summed E-state index contributed by atoms with van der Waals surface area (Å²) in [5, 5.41) is 8.35. The van der Waals surface area contributed by atoms with Gasteiger partial charge in [0, 0.05) is 52.5 Å². The van der Waals surface area contributed by atoms with Gasteiger partial charge in [-0.2, -0.15) is 0 Å². The first kappa shape index (κ1) is 51.5. The molecule has 1 aliphatic carbocycles. The minimum atomic E-state index is -0.497. The van der Waals surface area contributed by atoms with Gasteiger partial charge in [-0.1, -0.05) is 99.0 Å². The van der Waals surface area contributed by atoms with E-state index in [9.17, 15) is 9.59 Å². The maximum absolute atomic E-state index is 13.3. The van der Waals surface area contributed by atoms with Gasteiger partial charge in [0.1, 0.15) is 24.7 Å². The summed E-state index contributed by atoms with van der Waals surface area (Å²) in [5.41, 5.74) is 12.6. The lowest BCUT2D eigenvalue weighted by atomic mass is 9.88. The van der Waals surface area contributed by atoms with Crippen LogP contribution in [-0.2, 0) is 9.53 Å². The van der Waals surface area contributed by atoms with Crippen molar-refractivity contribution in [1.82, 2.24) is 5.32 Å². The molecular formula is C47H75N4O5+. The van der Waals surface area contributed by atoms with E-state index in [1.54, 1.807) is 12.1 Å². The highest BCUT2D eigenvalue weighted by Crippen LogP contribution is 2.43. The summed E-state index contributed by atoms with van der Waals surface area (Å²) in [4.78, 5) is 38.0. The number of esters is 1. The quantitative estimate of drug-likeness (QED) is 0.0449. The fourth-order valence-electron chi connectivity index (χ4n) is 6.42. The molecule has 0 saturated carbocycles. The number of unbranched alkanes of at least 4 members (excludes halogenated alkanes) is 9. The maximum atomic E-state index is 13.3. The smallest absolute Gasteiger partial charge is 0.338 e. The van der Waals surface area contributed by atoms with Gasteiger partial charge in [0.05, 0.1) is 18.7 Å². The Bertz CT molecular complexity index is 1750. The lowest BCUT2D eigenvalue weighted by Crippen LogP contribution is -2.76. The summed E-state index contributed by atoms with van der Waals surface area (Å²) in [7, 11) is 1.37. The number of anilines is 1. The maximum Gasteiger partial charge on any atom is 0.338 e. The summed E-state index contributed by atoms with van der Waals surface area (Å²) in [6.07, 6.45) is 11.9. The van der Waals surface area contributed by atoms with E-state index in [0.29, 0.717) is 34.6 Å². The van der Waals surface area contributed by atoms with Crippen LogP contribution in [0.4, 0.5) is 5.69 Å². The molecule has 1 aliphatic heterocycles. The topological polar surface area (TPSA) is 138 Å². The number of benzene rings is 3. The van der Waals surface area contributed by atoms with Crippen molar-refractivity contribution in [2.24, 2.45) is 5.73 Å². The molecule has 312 valence electrons. The first-order chi connectivity index (χ1) is 27.3. The molecule has 0 radical (unpaired) electrons. The van der Waals surface area contributed by atoms with Crippen molar-refractivity contribution in [1.29, 1.82) is 0 Å². The average Bonchev–Trinajstić information content (AvgIpc) is 3.24. The van der Waals surface area contributed by atoms with Gasteiger partial charge >= 0.3 is 5.97 Å². The second-order valence-electron chi connectivity index (χ2n) is 12.7. The number of nitrogens with one attached hydrogen (secondary N) is 3. The number of amides is 1. The minimum absolute atomic E-state index is 0.195. The number of hydrogen-bond donors (Lipinski definition) is 4. The van der Waals surface area contributed by atoms with Crippen molar-refractivity contribution < 1.29 is 28.5 Å². The molecule has 0 unspecified atom stereocenters. The van der Waals surface area contributed by atoms with Gasteiger partial charge in [-0.3, -0.25) is 4.79 Å². The van der Waals surface area contributed by atoms with E-state index in [-0.39, 0.29) is 5.91 Å². The van der Waals surface area contributed by atoms with Crippen molar-refractivity contribution in [3.05, 3.63) is 70.1 Å². The van der Waals surface area contributed by atoms with E-state index in [1.165, 1.54) is 52.1 Å². The van der Waals surface area contributed by atoms with Gasteiger partial charge in [-0.05, 0) is 82.5 Å². The zero-order valence-electron chi connectivity index (χ0n) is 36.8. The highest BCUT2D eigenvalue weighted by molar-refractivity contribution is 6.10. The van der Waals surface area contributed by atoms with Crippen molar-refractivity contribution in [3.63, 3.8) is 0 Å². The van der Waals surface area contributed by atoms with Gasteiger partial charge in [0.15, 0.2) is 0 Å². The largest absolute Gasteiger partial charge is 0.465 e. The summed E-state index contributed by atoms with van der Waals surface area (Å²) in [5.74, 6) is 0.00724. The molecule has 9 heteroatoms. The molecule has 0 aromatic heterocycles. The SMILES string of the molecule is C=O.CC.CC.CC.CCNc1cc2oc3cc(=[NH+]CC)c(C)cc-3c(-c3ccc(C(=O)NCCCCCCCCCCCCN)cc3C(=O)OC)c2cc1C. The number of carbonyl (C=O) groups is 3. The molecule has 2 aromatic rings. The molecule has 0 saturated heterocycles. The highest BCUT2D eigenvalue weighted by Gasteiger charge is 2.25. The first-order valence-electron chi connectivity index (χ1n) is 21.1. The summed E-state index contributed by atoms with van der Waals surface area (Å²) in [6, 6.07) is 13.6. The molecule has 0 atom stereocenters. The standard InChI is InChI=1S/C40H54N4O4.3C2H6.CH2O/c1-6-42-34-25-36-32(22-27(34)3)38(33-23-28(4)35(43-7-2)26-37(33)48-36)30-19-18-29(24-31(30)40(46)47-5)39(45)44-21-17-15-13-11-9-8-10-12-14-16-20-41;4*1-2/h18-19,22-26,42H,6-17,20-21,41H2,1-5H3,(H,44,45);3*1-2H3;1H2/p+1. The van der Waals surface area contributed by atoms with E-state index in [2.05, 4.69) is 55.5 Å². The number of fused-ring (bicyclic) bond motifs is 2. The second kappa shape index (κ2) is 30.7. The third-order valence-corrected chi connectivity index (χ3v) is 9.02. The fraction of sp³-hybridized carbons (Fsp3) is 0.532. The average molecular weight is 776 g/mol. The predicted octanol–water partition coefficient (Wildman–Crippen LogP) is 9.52. The van der Waals surface area contributed by atoms with Gasteiger partial charge < -0.3 is 30.3 Å². The monoisotopic (exact) mass is 776 g/mol. The molecule has 0 bridgehead atoms. The molecule has 4 rings (SSSR count). The van der Waals surface area contributed by atoms with Crippen LogP contribution in [-0.4, -0.2) is 52.0 Å². The van der Waals surface area contributed by atoms with Crippen LogP contribution in [0.1, 0.15) is 151 Å². The number of hydrogen-bond acceptors (Lipinski definition) is 7. The molecule has 56 heavy (non-hydrogen) atoms. The van der Waals surface area contributed by atoms with E-state index in [0.717, 1.165) is 77.6 Å². The number of rotatable bonds is 18. The zero-order valence-corrected chi connectivity index (χ0v) is 36.8. The molecule has 1 amide bonds. The molecule has 9 nitrogen and oxygen atoms in total. The Labute approximate surface area is 338 Å². The summed E-state index contributed by atoms with van der Waals surface area (Å²) in [6.45, 7) is 25.2. The number of carbonyl (C=O) groups excluding carboxylic acids is 3. The molecular weight excluding hydrogens is 701 g/mol. The van der Waals surface area contributed by atoms with Crippen molar-refractivity contribution in [2.75, 3.05) is 38.6 Å². The normalized spacial score (nSPS) is 10.5. The Balaban J connectivity index is 0.00000355. The fourth-order valence-corrected chi connectivity index (χ4v) is 6.42. The third-order valence-electron chi connectivity index (χ3n) is 9.02. The highest BCUT2D eigenvalue weighted by atomic mass is 16.5. The van der Waals surface area contributed by atoms with Crippen molar-refractivity contribution in [2.45, 2.75) is 133 Å². The minimum Gasteiger partial charge on any atom is -0.465 e. The number of nitrogens with two attached hydrogens (primary N) is 1. The van der Waals surface area contributed by atoms with Crippen molar-refractivity contribution >= 4 is 35.3 Å².